The Bertz CT molecular complexity index is 993. The molecule has 0 aromatic carbocycles. The van der Waals surface area contributed by atoms with Crippen LogP contribution >= 0.6 is 11.3 Å². The molecule has 28 heavy (non-hydrogen) atoms. The molecule has 0 bridgehead atoms. The number of anilines is 1. The highest BCUT2D eigenvalue weighted by Gasteiger charge is 2.24. The molecule has 0 saturated carbocycles. The van der Waals surface area contributed by atoms with Gasteiger partial charge in [-0.05, 0) is 46.0 Å². The van der Waals surface area contributed by atoms with E-state index in [1.54, 1.807) is 17.5 Å². The van der Waals surface area contributed by atoms with E-state index in [-0.39, 0.29) is 6.03 Å². The fourth-order valence-electron chi connectivity index (χ4n) is 3.48. The number of fused-ring (bicyclic) bond motifs is 1. The van der Waals surface area contributed by atoms with Crippen LogP contribution in [0.4, 0.5) is 10.6 Å². The number of piperidine rings is 1. The standard InChI is InChI=1S/C20H24N6OS/c1-13-21-12-18(28-13)16-5-4-14-11-22-19(10-17(14)23-16)24-20(27)26-8-6-15(7-9-26)25(2)3/h4-5,10-12,15H,6-9H2,1-3H3,(H,22,24,27). The number of nitrogens with one attached hydrogen (secondary N) is 1. The predicted molar refractivity (Wildman–Crippen MR) is 113 cm³/mol. The van der Waals surface area contributed by atoms with Crippen LogP contribution in [0.1, 0.15) is 17.8 Å². The summed E-state index contributed by atoms with van der Waals surface area (Å²) in [4.78, 5) is 31.1. The molecule has 1 saturated heterocycles. The lowest BCUT2D eigenvalue weighted by Crippen LogP contribution is -2.46. The first kappa shape index (κ1) is 18.8. The second-order valence-electron chi connectivity index (χ2n) is 7.31. The number of aryl methyl sites for hydroxylation is 1. The SMILES string of the molecule is Cc1ncc(-c2ccc3cnc(NC(=O)N4CCC(N(C)C)CC4)cc3n2)s1. The lowest BCUT2D eigenvalue weighted by atomic mass is 10.0. The molecule has 0 unspecified atom stereocenters. The molecule has 146 valence electrons. The Hall–Kier alpha value is -2.58. The number of thiazole rings is 1. The van der Waals surface area contributed by atoms with Gasteiger partial charge in [0, 0.05) is 43.0 Å². The number of carbonyl (C=O) groups is 1. The van der Waals surface area contributed by atoms with Crippen LogP contribution in [-0.2, 0) is 0 Å². The maximum absolute atomic E-state index is 12.6. The number of nitrogens with zero attached hydrogens (tertiary/aromatic N) is 5. The fourth-order valence-corrected chi connectivity index (χ4v) is 4.22. The summed E-state index contributed by atoms with van der Waals surface area (Å²) in [5, 5.41) is 4.88. The third kappa shape index (κ3) is 3.98. The molecule has 0 radical (unpaired) electrons. The topological polar surface area (TPSA) is 74.2 Å². The lowest BCUT2D eigenvalue weighted by molar-refractivity contribution is 0.156. The molecule has 8 heteroatoms. The highest BCUT2D eigenvalue weighted by Crippen LogP contribution is 2.26. The van der Waals surface area contributed by atoms with Crippen LogP contribution in [0.3, 0.4) is 0 Å². The molecule has 3 aromatic heterocycles. The van der Waals surface area contributed by atoms with Gasteiger partial charge >= 0.3 is 6.03 Å². The quantitative estimate of drug-likeness (QED) is 0.732. The fraction of sp³-hybridized carbons (Fsp3) is 0.400. The minimum atomic E-state index is -0.0988. The van der Waals surface area contributed by atoms with Gasteiger partial charge in [0.25, 0.3) is 0 Å². The van der Waals surface area contributed by atoms with Gasteiger partial charge < -0.3 is 9.80 Å². The Morgan fingerprint density at radius 2 is 2.00 bits per heavy atom. The van der Waals surface area contributed by atoms with E-state index in [0.29, 0.717) is 11.9 Å². The lowest BCUT2D eigenvalue weighted by Gasteiger charge is -2.35. The predicted octanol–water partition coefficient (Wildman–Crippen LogP) is 3.62. The Morgan fingerprint density at radius 3 is 2.68 bits per heavy atom. The van der Waals surface area contributed by atoms with Gasteiger partial charge in [0.2, 0.25) is 0 Å². The summed E-state index contributed by atoms with van der Waals surface area (Å²) in [5.74, 6) is 0.525. The number of hydrogen-bond donors (Lipinski definition) is 1. The number of pyridine rings is 2. The van der Waals surface area contributed by atoms with E-state index in [9.17, 15) is 4.79 Å². The number of hydrogen-bond acceptors (Lipinski definition) is 6. The zero-order chi connectivity index (χ0) is 19.7. The Labute approximate surface area is 168 Å². The summed E-state index contributed by atoms with van der Waals surface area (Å²) >= 11 is 1.62. The van der Waals surface area contributed by atoms with Gasteiger partial charge in [0.15, 0.2) is 0 Å². The first-order valence-electron chi connectivity index (χ1n) is 9.41. The molecule has 0 aliphatic carbocycles. The molecule has 1 fully saturated rings. The van der Waals surface area contributed by atoms with E-state index in [0.717, 1.165) is 52.4 Å². The van der Waals surface area contributed by atoms with Crippen LogP contribution in [0, 0.1) is 6.92 Å². The molecule has 2 amide bonds. The molecule has 3 aromatic rings. The van der Waals surface area contributed by atoms with Gasteiger partial charge in [-0.15, -0.1) is 11.3 Å². The van der Waals surface area contributed by atoms with E-state index >= 15 is 0 Å². The van der Waals surface area contributed by atoms with Crippen LogP contribution in [0.15, 0.2) is 30.6 Å². The van der Waals surface area contributed by atoms with Crippen molar-refractivity contribution in [2.24, 2.45) is 0 Å². The molecule has 4 rings (SSSR count). The van der Waals surface area contributed by atoms with E-state index in [2.05, 4.69) is 34.3 Å². The number of urea groups is 1. The number of likely N-dealkylation sites (tertiary alicyclic amines) is 1. The third-order valence-electron chi connectivity index (χ3n) is 5.16. The van der Waals surface area contributed by atoms with Crippen molar-refractivity contribution >= 4 is 34.1 Å². The number of aromatic nitrogens is 3. The third-order valence-corrected chi connectivity index (χ3v) is 6.10. The Balaban J connectivity index is 1.49. The normalized spacial score (nSPS) is 15.4. The van der Waals surface area contributed by atoms with Crippen LogP contribution in [0.5, 0.6) is 0 Å². The van der Waals surface area contributed by atoms with Gasteiger partial charge in [-0.2, -0.15) is 0 Å². The smallest absolute Gasteiger partial charge is 0.323 e. The molecule has 0 atom stereocenters. The average molecular weight is 397 g/mol. The number of carbonyl (C=O) groups excluding carboxylic acids is 1. The van der Waals surface area contributed by atoms with Crippen LogP contribution < -0.4 is 5.32 Å². The van der Waals surface area contributed by atoms with Crippen molar-refractivity contribution in [3.8, 4) is 10.6 Å². The molecular weight excluding hydrogens is 372 g/mol. The highest BCUT2D eigenvalue weighted by atomic mass is 32.1. The average Bonchev–Trinajstić information content (AvgIpc) is 3.14. The van der Waals surface area contributed by atoms with Gasteiger partial charge in [0.05, 0.1) is 21.1 Å². The summed E-state index contributed by atoms with van der Waals surface area (Å²) in [6, 6.07) is 6.25. The van der Waals surface area contributed by atoms with E-state index in [4.69, 9.17) is 4.98 Å². The summed E-state index contributed by atoms with van der Waals surface area (Å²) < 4.78 is 0. The van der Waals surface area contributed by atoms with E-state index in [1.807, 2.05) is 36.2 Å². The Kier molecular flexibility index (Phi) is 5.23. The van der Waals surface area contributed by atoms with Crippen molar-refractivity contribution < 1.29 is 4.79 Å². The maximum atomic E-state index is 12.6. The monoisotopic (exact) mass is 396 g/mol. The molecule has 4 heterocycles. The van der Waals surface area contributed by atoms with Gasteiger partial charge in [-0.25, -0.2) is 19.7 Å². The number of amides is 2. The zero-order valence-corrected chi connectivity index (χ0v) is 17.2. The van der Waals surface area contributed by atoms with Crippen LogP contribution in [0.2, 0.25) is 0 Å². The molecular formula is C20H24N6OS. The van der Waals surface area contributed by atoms with Crippen molar-refractivity contribution in [3.05, 3.63) is 35.6 Å². The van der Waals surface area contributed by atoms with Crippen molar-refractivity contribution in [2.45, 2.75) is 25.8 Å². The summed E-state index contributed by atoms with van der Waals surface area (Å²) in [5.41, 5.74) is 1.69. The van der Waals surface area contributed by atoms with E-state index < -0.39 is 0 Å². The molecule has 7 nitrogen and oxygen atoms in total. The largest absolute Gasteiger partial charge is 0.324 e. The summed E-state index contributed by atoms with van der Waals surface area (Å²) in [6.07, 6.45) is 5.57. The molecule has 0 spiro atoms. The van der Waals surface area contributed by atoms with Gasteiger partial charge in [-0.1, -0.05) is 0 Å². The minimum absolute atomic E-state index is 0.0988. The van der Waals surface area contributed by atoms with Crippen molar-refractivity contribution in [3.63, 3.8) is 0 Å². The van der Waals surface area contributed by atoms with E-state index in [1.165, 1.54) is 0 Å². The van der Waals surface area contributed by atoms with Gasteiger partial charge in [-0.3, -0.25) is 5.32 Å². The second-order valence-corrected chi connectivity index (χ2v) is 8.55. The first-order valence-corrected chi connectivity index (χ1v) is 10.2. The Morgan fingerprint density at radius 1 is 1.21 bits per heavy atom. The van der Waals surface area contributed by atoms with Crippen LogP contribution in [-0.4, -0.2) is 64.0 Å². The second kappa shape index (κ2) is 7.81. The first-order chi connectivity index (χ1) is 13.5. The minimum Gasteiger partial charge on any atom is -0.324 e. The molecule has 1 aliphatic rings. The van der Waals surface area contributed by atoms with Crippen molar-refractivity contribution in [1.82, 2.24) is 24.8 Å². The zero-order valence-electron chi connectivity index (χ0n) is 16.3. The summed E-state index contributed by atoms with van der Waals surface area (Å²) in [7, 11) is 4.18. The molecule has 1 aliphatic heterocycles. The van der Waals surface area contributed by atoms with Crippen molar-refractivity contribution in [2.75, 3.05) is 32.5 Å². The van der Waals surface area contributed by atoms with Crippen molar-refractivity contribution in [1.29, 1.82) is 0 Å². The highest BCUT2D eigenvalue weighted by molar-refractivity contribution is 7.15. The summed E-state index contributed by atoms with van der Waals surface area (Å²) in [6.45, 7) is 3.50. The van der Waals surface area contributed by atoms with Crippen LogP contribution in [0.25, 0.3) is 21.5 Å². The molecule has 1 N–H and O–H groups in total. The number of rotatable bonds is 3. The van der Waals surface area contributed by atoms with Gasteiger partial charge in [0.1, 0.15) is 5.82 Å². The maximum Gasteiger partial charge on any atom is 0.323 e.